The van der Waals surface area contributed by atoms with Crippen molar-refractivity contribution in [2.75, 3.05) is 13.2 Å². The summed E-state index contributed by atoms with van der Waals surface area (Å²) in [6.45, 7) is 5.58. The molecule has 0 spiro atoms. The van der Waals surface area contributed by atoms with Gasteiger partial charge in [0.1, 0.15) is 0 Å². The Hall–Kier alpha value is 0.400. The molecule has 0 bridgehead atoms. The predicted octanol–water partition coefficient (Wildman–Crippen LogP) is 1.57. The lowest BCUT2D eigenvalue weighted by Crippen LogP contribution is -2.25. The first-order chi connectivity index (χ1) is 4.70. The highest BCUT2D eigenvalue weighted by Crippen LogP contribution is 2.18. The Balaban J connectivity index is 2.26. The van der Waals surface area contributed by atoms with Gasteiger partial charge in [-0.25, -0.2) is 0 Å². The summed E-state index contributed by atoms with van der Waals surface area (Å²) in [4.78, 5) is 0.384. The Bertz CT molecular complexity index is 106. The molecule has 0 aromatic rings. The first-order valence-electron chi connectivity index (χ1n) is 3.57. The molecule has 0 N–H and O–H groups in total. The summed E-state index contributed by atoms with van der Waals surface area (Å²) in [5.74, 6) is 0. The van der Waals surface area contributed by atoms with E-state index in [2.05, 4.69) is 15.9 Å². The van der Waals surface area contributed by atoms with Crippen molar-refractivity contribution in [2.24, 2.45) is 0 Å². The number of hydrogen-bond donors (Lipinski definition) is 0. The summed E-state index contributed by atoms with van der Waals surface area (Å²) in [7, 11) is 0. The van der Waals surface area contributed by atoms with Gasteiger partial charge in [0.05, 0.1) is 30.2 Å². The van der Waals surface area contributed by atoms with Crippen molar-refractivity contribution < 1.29 is 9.47 Å². The van der Waals surface area contributed by atoms with E-state index in [1.807, 2.05) is 13.8 Å². The number of halogens is 1. The summed E-state index contributed by atoms with van der Waals surface area (Å²) in [6.07, 6.45) is 0.548. The smallest absolute Gasteiger partial charge is 0.0958 e. The molecule has 0 amide bonds. The number of ether oxygens (including phenoxy) is 2. The maximum absolute atomic E-state index is 5.55. The minimum Gasteiger partial charge on any atom is -0.377 e. The van der Waals surface area contributed by atoms with Crippen LogP contribution in [0.3, 0.4) is 0 Å². The van der Waals surface area contributed by atoms with Gasteiger partial charge in [-0.1, -0.05) is 15.9 Å². The average Bonchev–Trinajstić information content (AvgIpc) is 2.15. The van der Waals surface area contributed by atoms with E-state index in [-0.39, 0.29) is 6.10 Å². The highest BCUT2D eigenvalue weighted by molar-refractivity contribution is 9.09. The summed E-state index contributed by atoms with van der Waals surface area (Å²) in [5, 5.41) is 0. The number of rotatable bonds is 2. The van der Waals surface area contributed by atoms with Crippen LogP contribution in [0.25, 0.3) is 0 Å². The maximum atomic E-state index is 5.55. The summed E-state index contributed by atoms with van der Waals surface area (Å²) >= 11 is 3.48. The van der Waals surface area contributed by atoms with Gasteiger partial charge in [0, 0.05) is 0 Å². The Morgan fingerprint density at radius 3 is 2.60 bits per heavy atom. The third kappa shape index (κ3) is 2.22. The lowest BCUT2D eigenvalue weighted by Gasteiger charge is -2.15. The zero-order valence-electron chi connectivity index (χ0n) is 6.34. The monoisotopic (exact) mass is 208 g/mol. The molecule has 1 aliphatic rings. The Labute approximate surface area is 70.0 Å². The normalized spacial score (nSPS) is 33.6. The zero-order chi connectivity index (χ0) is 7.56. The molecule has 1 saturated heterocycles. The van der Waals surface area contributed by atoms with Gasteiger partial charge >= 0.3 is 0 Å². The first kappa shape index (κ1) is 8.50. The van der Waals surface area contributed by atoms with Gasteiger partial charge in [-0.05, 0) is 13.8 Å². The molecule has 1 aliphatic heterocycles. The van der Waals surface area contributed by atoms with Gasteiger partial charge in [-0.15, -0.1) is 0 Å². The molecule has 0 aromatic heterocycles. The van der Waals surface area contributed by atoms with E-state index in [1.54, 1.807) is 0 Å². The maximum Gasteiger partial charge on any atom is 0.0958 e. The van der Waals surface area contributed by atoms with Crippen molar-refractivity contribution in [1.82, 2.24) is 0 Å². The third-order valence-electron chi connectivity index (χ3n) is 1.41. The molecule has 1 heterocycles. The molecule has 0 radical (unpaired) electrons. The van der Waals surface area contributed by atoms with Crippen LogP contribution in [0.2, 0.25) is 0 Å². The average molecular weight is 209 g/mol. The SMILES string of the molecule is CC(C)OC1COCC1Br. The summed E-state index contributed by atoms with van der Waals surface area (Å²) < 4.78 is 10.7. The molecule has 1 rings (SSSR count). The first-order valence-corrected chi connectivity index (χ1v) is 4.49. The fraction of sp³-hybridized carbons (Fsp3) is 1.00. The molecule has 1 fully saturated rings. The summed E-state index contributed by atoms with van der Waals surface area (Å²) in [5.41, 5.74) is 0. The molecule has 0 aromatic carbocycles. The zero-order valence-corrected chi connectivity index (χ0v) is 7.93. The number of alkyl halides is 1. The van der Waals surface area contributed by atoms with Gasteiger partial charge < -0.3 is 9.47 Å². The Morgan fingerprint density at radius 1 is 1.50 bits per heavy atom. The van der Waals surface area contributed by atoms with Crippen LogP contribution < -0.4 is 0 Å². The minimum atomic E-state index is 0.250. The molecule has 10 heavy (non-hydrogen) atoms. The molecule has 2 atom stereocenters. The topological polar surface area (TPSA) is 18.5 Å². The van der Waals surface area contributed by atoms with Crippen molar-refractivity contribution >= 4 is 15.9 Å². The van der Waals surface area contributed by atoms with Crippen LogP contribution in [0.5, 0.6) is 0 Å². The van der Waals surface area contributed by atoms with Gasteiger partial charge in [-0.3, -0.25) is 0 Å². The van der Waals surface area contributed by atoms with Gasteiger partial charge in [0.2, 0.25) is 0 Å². The van der Waals surface area contributed by atoms with E-state index in [0.29, 0.717) is 10.9 Å². The highest BCUT2D eigenvalue weighted by atomic mass is 79.9. The molecule has 2 nitrogen and oxygen atoms in total. The second-order valence-electron chi connectivity index (χ2n) is 2.78. The third-order valence-corrected chi connectivity index (χ3v) is 2.26. The van der Waals surface area contributed by atoms with Crippen molar-refractivity contribution in [3.05, 3.63) is 0 Å². The van der Waals surface area contributed by atoms with E-state index >= 15 is 0 Å². The van der Waals surface area contributed by atoms with Crippen LogP contribution in [-0.2, 0) is 9.47 Å². The molecular weight excluding hydrogens is 196 g/mol. The van der Waals surface area contributed by atoms with Crippen LogP contribution in [0, 0.1) is 0 Å². The highest BCUT2D eigenvalue weighted by Gasteiger charge is 2.26. The second-order valence-corrected chi connectivity index (χ2v) is 3.95. The van der Waals surface area contributed by atoms with E-state index < -0.39 is 0 Å². The molecule has 0 saturated carbocycles. The Morgan fingerprint density at radius 2 is 2.20 bits per heavy atom. The Kier molecular flexibility index (Phi) is 3.14. The quantitative estimate of drug-likeness (QED) is 0.642. The molecule has 0 aliphatic carbocycles. The van der Waals surface area contributed by atoms with Crippen molar-refractivity contribution in [3.8, 4) is 0 Å². The van der Waals surface area contributed by atoms with Crippen molar-refractivity contribution in [1.29, 1.82) is 0 Å². The molecule has 2 unspecified atom stereocenters. The fourth-order valence-corrected chi connectivity index (χ4v) is 1.45. The van der Waals surface area contributed by atoms with Crippen molar-refractivity contribution in [3.63, 3.8) is 0 Å². The van der Waals surface area contributed by atoms with E-state index in [9.17, 15) is 0 Å². The lowest BCUT2D eigenvalue weighted by molar-refractivity contribution is 0.00504. The number of hydrogen-bond acceptors (Lipinski definition) is 2. The van der Waals surface area contributed by atoms with Gasteiger partial charge in [-0.2, -0.15) is 0 Å². The molecular formula is C7H13BrO2. The van der Waals surface area contributed by atoms with Crippen molar-refractivity contribution in [2.45, 2.75) is 30.9 Å². The lowest BCUT2D eigenvalue weighted by atomic mass is 10.3. The van der Waals surface area contributed by atoms with Crippen LogP contribution in [-0.4, -0.2) is 30.2 Å². The summed E-state index contributed by atoms with van der Waals surface area (Å²) in [6, 6.07) is 0. The van der Waals surface area contributed by atoms with E-state index in [0.717, 1.165) is 13.2 Å². The van der Waals surface area contributed by atoms with Crippen LogP contribution in [0.15, 0.2) is 0 Å². The van der Waals surface area contributed by atoms with Gasteiger partial charge in [0.15, 0.2) is 0 Å². The van der Waals surface area contributed by atoms with E-state index in [1.165, 1.54) is 0 Å². The molecule has 3 heteroatoms. The molecule has 60 valence electrons. The second kappa shape index (κ2) is 3.69. The minimum absolute atomic E-state index is 0.250. The van der Waals surface area contributed by atoms with Gasteiger partial charge in [0.25, 0.3) is 0 Å². The van der Waals surface area contributed by atoms with E-state index in [4.69, 9.17) is 9.47 Å². The largest absolute Gasteiger partial charge is 0.377 e. The predicted molar refractivity (Wildman–Crippen MR) is 43.5 cm³/mol. The fourth-order valence-electron chi connectivity index (χ4n) is 0.983. The van der Waals surface area contributed by atoms with Crippen LogP contribution in [0.4, 0.5) is 0 Å². The van der Waals surface area contributed by atoms with Crippen LogP contribution >= 0.6 is 15.9 Å². The standard InChI is InChI=1S/C7H13BrO2/c1-5(2)10-7-4-9-3-6(7)8/h5-7H,3-4H2,1-2H3. The van der Waals surface area contributed by atoms with Crippen LogP contribution in [0.1, 0.15) is 13.8 Å².